The smallest absolute Gasteiger partial charge is 0.181 e. The standard InChI is InChI=1S/C34H20N6O2/c1-2-6-21(7-3-1)22-10-11-25-26(16-22)34(30-15-13-28(38-40-30)32-18-36-20-42-32)24-9-5-4-8-23(24)33(25)29-14-12-27(37-39-29)31-17-35-19-41-31/h1-20H. The summed E-state index contributed by atoms with van der Waals surface area (Å²) in [7, 11) is 0. The molecule has 0 amide bonds. The lowest BCUT2D eigenvalue weighted by atomic mass is 9.87. The molecule has 0 unspecified atom stereocenters. The van der Waals surface area contributed by atoms with Crippen LogP contribution in [0, 0.1) is 0 Å². The van der Waals surface area contributed by atoms with Crippen molar-refractivity contribution in [1.29, 1.82) is 0 Å². The van der Waals surface area contributed by atoms with Crippen molar-refractivity contribution in [2.45, 2.75) is 0 Å². The van der Waals surface area contributed by atoms with E-state index in [1.165, 1.54) is 12.8 Å². The van der Waals surface area contributed by atoms with E-state index in [2.05, 4.69) is 72.8 Å². The van der Waals surface area contributed by atoms with Crippen molar-refractivity contribution >= 4 is 21.5 Å². The van der Waals surface area contributed by atoms with Crippen LogP contribution in [0.25, 0.3) is 78.1 Å². The zero-order valence-corrected chi connectivity index (χ0v) is 22.0. The van der Waals surface area contributed by atoms with Gasteiger partial charge in [-0.3, -0.25) is 0 Å². The van der Waals surface area contributed by atoms with Gasteiger partial charge in [0.05, 0.1) is 23.8 Å². The predicted octanol–water partition coefficient (Wildman–Crippen LogP) is 7.88. The number of oxazole rings is 2. The number of hydrogen-bond acceptors (Lipinski definition) is 8. The van der Waals surface area contributed by atoms with Crippen LogP contribution in [0.2, 0.25) is 0 Å². The van der Waals surface area contributed by atoms with Gasteiger partial charge in [-0.05, 0) is 63.0 Å². The number of nitrogens with zero attached hydrogens (tertiary/aromatic N) is 6. The Morgan fingerprint density at radius 3 is 1.43 bits per heavy atom. The molecule has 4 aromatic carbocycles. The summed E-state index contributed by atoms with van der Waals surface area (Å²) in [5.41, 5.74) is 6.96. The molecular weight excluding hydrogens is 524 g/mol. The molecule has 198 valence electrons. The normalized spacial score (nSPS) is 11.3. The minimum Gasteiger partial charge on any atom is -0.442 e. The van der Waals surface area contributed by atoms with Crippen LogP contribution in [-0.2, 0) is 0 Å². The van der Waals surface area contributed by atoms with Crippen LogP contribution >= 0.6 is 0 Å². The molecule has 0 spiro atoms. The summed E-state index contributed by atoms with van der Waals surface area (Å²) in [5, 5.41) is 22.4. The van der Waals surface area contributed by atoms with Gasteiger partial charge in [0.25, 0.3) is 0 Å². The van der Waals surface area contributed by atoms with E-state index in [0.29, 0.717) is 22.9 Å². The van der Waals surface area contributed by atoms with Gasteiger partial charge in [0.2, 0.25) is 0 Å². The topological polar surface area (TPSA) is 104 Å². The summed E-state index contributed by atoms with van der Waals surface area (Å²) in [6, 6.07) is 32.9. The van der Waals surface area contributed by atoms with Gasteiger partial charge >= 0.3 is 0 Å². The molecule has 4 aromatic heterocycles. The number of rotatable bonds is 5. The van der Waals surface area contributed by atoms with Crippen LogP contribution in [-0.4, -0.2) is 30.4 Å². The largest absolute Gasteiger partial charge is 0.442 e. The fraction of sp³-hybridized carbons (Fsp3) is 0. The first kappa shape index (κ1) is 23.8. The molecule has 8 heteroatoms. The van der Waals surface area contributed by atoms with Crippen LogP contribution in [0.15, 0.2) is 131 Å². The summed E-state index contributed by atoms with van der Waals surface area (Å²) >= 11 is 0. The van der Waals surface area contributed by atoms with Gasteiger partial charge in [-0.2, -0.15) is 0 Å². The molecule has 0 saturated carbocycles. The Balaban J connectivity index is 1.40. The van der Waals surface area contributed by atoms with Gasteiger partial charge < -0.3 is 8.83 Å². The number of benzene rings is 4. The second-order valence-electron chi connectivity index (χ2n) is 9.76. The van der Waals surface area contributed by atoms with Crippen molar-refractivity contribution in [3.63, 3.8) is 0 Å². The van der Waals surface area contributed by atoms with Crippen LogP contribution in [0.5, 0.6) is 0 Å². The quantitative estimate of drug-likeness (QED) is 0.202. The van der Waals surface area contributed by atoms with Gasteiger partial charge in [0, 0.05) is 11.1 Å². The first-order valence-corrected chi connectivity index (χ1v) is 13.3. The number of fused-ring (bicyclic) bond motifs is 2. The Labute approximate surface area is 239 Å². The highest BCUT2D eigenvalue weighted by Gasteiger charge is 2.20. The minimum absolute atomic E-state index is 0.567. The molecule has 0 saturated heterocycles. The van der Waals surface area contributed by atoms with Crippen molar-refractivity contribution in [3.8, 4) is 56.6 Å². The van der Waals surface area contributed by atoms with Gasteiger partial charge in [0.15, 0.2) is 24.3 Å². The number of hydrogen-bond donors (Lipinski definition) is 0. The third-order valence-corrected chi connectivity index (χ3v) is 7.34. The lowest BCUT2D eigenvalue weighted by Crippen LogP contribution is -1.97. The zero-order chi connectivity index (χ0) is 27.9. The molecule has 42 heavy (non-hydrogen) atoms. The third-order valence-electron chi connectivity index (χ3n) is 7.34. The second kappa shape index (κ2) is 9.87. The van der Waals surface area contributed by atoms with E-state index in [9.17, 15) is 0 Å². The Morgan fingerprint density at radius 2 is 0.905 bits per heavy atom. The predicted molar refractivity (Wildman–Crippen MR) is 160 cm³/mol. The first-order chi connectivity index (χ1) is 20.8. The van der Waals surface area contributed by atoms with Crippen molar-refractivity contribution in [3.05, 3.63) is 122 Å². The molecule has 0 aliphatic rings. The molecule has 0 radical (unpaired) electrons. The summed E-state index contributed by atoms with van der Waals surface area (Å²) < 4.78 is 10.9. The van der Waals surface area contributed by atoms with E-state index < -0.39 is 0 Å². The Kier molecular flexibility index (Phi) is 5.60. The monoisotopic (exact) mass is 544 g/mol. The summed E-state index contributed by atoms with van der Waals surface area (Å²) in [6.45, 7) is 0. The van der Waals surface area contributed by atoms with Gasteiger partial charge in [0.1, 0.15) is 11.4 Å². The van der Waals surface area contributed by atoms with Crippen LogP contribution < -0.4 is 0 Å². The molecule has 0 aliphatic heterocycles. The Morgan fingerprint density at radius 1 is 0.405 bits per heavy atom. The van der Waals surface area contributed by atoms with Crippen molar-refractivity contribution in [2.75, 3.05) is 0 Å². The molecule has 0 aliphatic carbocycles. The van der Waals surface area contributed by atoms with Crippen LogP contribution in [0.4, 0.5) is 0 Å². The Bertz CT molecular complexity index is 2160. The molecule has 8 nitrogen and oxygen atoms in total. The molecule has 4 heterocycles. The first-order valence-electron chi connectivity index (χ1n) is 13.3. The van der Waals surface area contributed by atoms with Gasteiger partial charge in [-0.1, -0.05) is 66.7 Å². The maximum absolute atomic E-state index is 5.43. The molecule has 8 rings (SSSR count). The molecule has 0 fully saturated rings. The SMILES string of the molecule is c1ccc(-c2ccc3c(-c4ccc(-c5cnco5)nn4)c4ccccc4c(-c4ccc(-c5cnco5)nn4)c3c2)cc1. The van der Waals surface area contributed by atoms with E-state index in [0.717, 1.165) is 55.2 Å². The van der Waals surface area contributed by atoms with E-state index in [1.807, 2.05) is 54.6 Å². The fourth-order valence-electron chi connectivity index (χ4n) is 5.42. The van der Waals surface area contributed by atoms with Crippen LogP contribution in [0.1, 0.15) is 0 Å². The molecule has 0 atom stereocenters. The molecule has 8 aromatic rings. The Hall–Kier alpha value is -6.02. The van der Waals surface area contributed by atoms with Crippen molar-refractivity contribution < 1.29 is 8.83 Å². The minimum atomic E-state index is 0.567. The average Bonchev–Trinajstić information content (AvgIpc) is 3.80. The third kappa shape index (κ3) is 4.01. The lowest BCUT2D eigenvalue weighted by Gasteiger charge is -2.17. The summed E-state index contributed by atoms with van der Waals surface area (Å²) in [4.78, 5) is 8.00. The average molecular weight is 545 g/mol. The van der Waals surface area contributed by atoms with Crippen molar-refractivity contribution in [2.24, 2.45) is 0 Å². The van der Waals surface area contributed by atoms with Gasteiger partial charge in [-0.25, -0.2) is 9.97 Å². The maximum Gasteiger partial charge on any atom is 0.181 e. The highest BCUT2D eigenvalue weighted by Crippen LogP contribution is 2.44. The summed E-state index contributed by atoms with van der Waals surface area (Å²) in [6.07, 6.45) is 6.03. The van der Waals surface area contributed by atoms with E-state index in [4.69, 9.17) is 8.83 Å². The second-order valence-corrected chi connectivity index (χ2v) is 9.76. The maximum atomic E-state index is 5.43. The lowest BCUT2D eigenvalue weighted by molar-refractivity contribution is 0.568. The molecule has 0 bridgehead atoms. The molecule has 0 N–H and O–H groups in total. The fourth-order valence-corrected chi connectivity index (χ4v) is 5.42. The summed E-state index contributed by atoms with van der Waals surface area (Å²) in [5.74, 6) is 1.14. The van der Waals surface area contributed by atoms with Crippen LogP contribution in [0.3, 0.4) is 0 Å². The van der Waals surface area contributed by atoms with E-state index in [1.54, 1.807) is 12.4 Å². The highest BCUT2D eigenvalue weighted by atomic mass is 16.3. The van der Waals surface area contributed by atoms with E-state index in [-0.39, 0.29) is 0 Å². The van der Waals surface area contributed by atoms with Crippen molar-refractivity contribution in [1.82, 2.24) is 30.4 Å². The number of aromatic nitrogens is 6. The zero-order valence-electron chi connectivity index (χ0n) is 22.0. The van der Waals surface area contributed by atoms with Gasteiger partial charge in [-0.15, -0.1) is 20.4 Å². The van der Waals surface area contributed by atoms with E-state index >= 15 is 0 Å². The molecular formula is C34H20N6O2. The highest BCUT2D eigenvalue weighted by molar-refractivity contribution is 6.21.